The normalized spacial score (nSPS) is 15.5. The minimum atomic E-state index is 0.198. The first-order valence-corrected chi connectivity index (χ1v) is 8.61. The number of hydrogen-bond acceptors (Lipinski definition) is 3. The summed E-state index contributed by atoms with van der Waals surface area (Å²) in [4.78, 5) is 14.3. The fourth-order valence-corrected chi connectivity index (χ4v) is 3.05. The zero-order valence-corrected chi connectivity index (χ0v) is 14.4. The quantitative estimate of drug-likeness (QED) is 0.848. The van der Waals surface area contributed by atoms with Crippen LogP contribution in [0.1, 0.15) is 30.4 Å². The minimum absolute atomic E-state index is 0.198. The van der Waals surface area contributed by atoms with E-state index < -0.39 is 0 Å². The van der Waals surface area contributed by atoms with Crippen LogP contribution in [-0.2, 0) is 11.3 Å². The van der Waals surface area contributed by atoms with E-state index >= 15 is 0 Å². The van der Waals surface area contributed by atoms with E-state index in [1.807, 2.05) is 47.1 Å². The molecule has 0 spiro atoms. The summed E-state index contributed by atoms with van der Waals surface area (Å²) in [6.45, 7) is 6.25. The highest BCUT2D eigenvalue weighted by Crippen LogP contribution is 2.22. The topological polar surface area (TPSA) is 47.4 Å². The Morgan fingerprint density at radius 3 is 2.67 bits per heavy atom. The van der Waals surface area contributed by atoms with E-state index in [1.54, 1.807) is 0 Å². The van der Waals surface area contributed by atoms with Gasteiger partial charge in [-0.05, 0) is 31.0 Å². The summed E-state index contributed by atoms with van der Waals surface area (Å²) in [5.41, 5.74) is 2.28. The van der Waals surface area contributed by atoms with Crippen molar-refractivity contribution in [1.82, 2.24) is 14.7 Å². The van der Waals surface area contributed by atoms with E-state index in [2.05, 4.69) is 18.1 Å². The molecule has 2 heterocycles. The van der Waals surface area contributed by atoms with Crippen LogP contribution in [0.2, 0.25) is 0 Å². The number of aryl methyl sites for hydroxylation is 3. The van der Waals surface area contributed by atoms with Gasteiger partial charge in [0.2, 0.25) is 5.91 Å². The maximum absolute atomic E-state index is 12.3. The third-order valence-electron chi connectivity index (χ3n) is 4.50. The van der Waals surface area contributed by atoms with Crippen LogP contribution in [0.3, 0.4) is 0 Å². The molecule has 0 saturated carbocycles. The molecular weight excluding hydrogens is 302 g/mol. The number of ether oxygens (including phenoxy) is 1. The highest BCUT2D eigenvalue weighted by Gasteiger charge is 2.24. The molecule has 0 N–H and O–H groups in total. The second kappa shape index (κ2) is 7.51. The van der Waals surface area contributed by atoms with E-state index in [1.165, 1.54) is 0 Å². The molecule has 1 aromatic heterocycles. The average Bonchev–Trinajstić information content (AvgIpc) is 3.01. The van der Waals surface area contributed by atoms with Crippen molar-refractivity contribution in [2.75, 3.05) is 13.1 Å². The Morgan fingerprint density at radius 2 is 2.00 bits per heavy atom. The molecule has 0 radical (unpaired) electrons. The molecular formula is C19H25N3O2. The molecule has 24 heavy (non-hydrogen) atoms. The Kier molecular flexibility index (Phi) is 5.18. The molecule has 0 aliphatic carbocycles. The maximum Gasteiger partial charge on any atom is 0.224 e. The summed E-state index contributed by atoms with van der Waals surface area (Å²) < 4.78 is 7.93. The lowest BCUT2D eigenvalue weighted by Gasteiger charge is -2.32. The van der Waals surface area contributed by atoms with Gasteiger partial charge in [-0.25, -0.2) is 0 Å². The van der Waals surface area contributed by atoms with Crippen LogP contribution in [0.15, 0.2) is 36.7 Å². The largest absolute Gasteiger partial charge is 0.490 e. The van der Waals surface area contributed by atoms with Gasteiger partial charge in [0.25, 0.3) is 0 Å². The molecule has 0 bridgehead atoms. The van der Waals surface area contributed by atoms with E-state index in [9.17, 15) is 4.79 Å². The van der Waals surface area contributed by atoms with Gasteiger partial charge >= 0.3 is 0 Å². The zero-order valence-electron chi connectivity index (χ0n) is 14.4. The van der Waals surface area contributed by atoms with Crippen molar-refractivity contribution in [3.8, 4) is 5.75 Å². The molecule has 1 fully saturated rings. The zero-order chi connectivity index (χ0) is 16.9. The summed E-state index contributed by atoms with van der Waals surface area (Å²) in [7, 11) is 0. The molecule has 1 amide bonds. The molecule has 0 unspecified atom stereocenters. The van der Waals surface area contributed by atoms with E-state index in [-0.39, 0.29) is 12.0 Å². The van der Waals surface area contributed by atoms with Gasteiger partial charge in [0.15, 0.2) is 0 Å². The van der Waals surface area contributed by atoms with Crippen LogP contribution in [-0.4, -0.2) is 39.8 Å². The van der Waals surface area contributed by atoms with Crippen LogP contribution in [0.5, 0.6) is 5.75 Å². The Hall–Kier alpha value is -2.30. The van der Waals surface area contributed by atoms with Gasteiger partial charge < -0.3 is 9.64 Å². The first-order chi connectivity index (χ1) is 11.6. The van der Waals surface area contributed by atoms with E-state index in [4.69, 9.17) is 4.74 Å². The smallest absolute Gasteiger partial charge is 0.224 e. The highest BCUT2D eigenvalue weighted by molar-refractivity contribution is 5.76. The predicted octanol–water partition coefficient (Wildman–Crippen LogP) is 2.96. The molecule has 3 rings (SSSR count). The van der Waals surface area contributed by atoms with E-state index in [0.29, 0.717) is 13.0 Å². The predicted molar refractivity (Wildman–Crippen MR) is 93.0 cm³/mol. The van der Waals surface area contributed by atoms with Gasteiger partial charge in [-0.2, -0.15) is 5.10 Å². The number of carbonyl (C=O) groups excluding carboxylic acids is 1. The van der Waals surface area contributed by atoms with Crippen molar-refractivity contribution in [2.24, 2.45) is 0 Å². The number of amides is 1. The number of likely N-dealkylation sites (tertiary alicyclic amines) is 1. The lowest BCUT2D eigenvalue weighted by molar-refractivity contribution is -0.133. The summed E-state index contributed by atoms with van der Waals surface area (Å²) in [6.07, 6.45) is 6.27. The van der Waals surface area contributed by atoms with Crippen LogP contribution < -0.4 is 4.74 Å². The van der Waals surface area contributed by atoms with Crippen LogP contribution >= 0.6 is 0 Å². The fraction of sp³-hybridized carbons (Fsp3) is 0.474. The number of hydrogen-bond donors (Lipinski definition) is 0. The third kappa shape index (κ3) is 4.16. The number of rotatable bonds is 5. The molecule has 1 aliphatic heterocycles. The summed E-state index contributed by atoms with van der Waals surface area (Å²) in [6, 6.07) is 8.09. The van der Waals surface area contributed by atoms with Crippen LogP contribution in [0.25, 0.3) is 0 Å². The van der Waals surface area contributed by atoms with Crippen molar-refractivity contribution in [2.45, 2.75) is 45.8 Å². The second-order valence-electron chi connectivity index (χ2n) is 6.49. The number of piperidine rings is 1. The summed E-state index contributed by atoms with van der Waals surface area (Å²) in [5, 5.41) is 4.23. The van der Waals surface area contributed by atoms with E-state index in [0.717, 1.165) is 42.8 Å². The number of carbonyl (C=O) groups is 1. The lowest BCUT2D eigenvalue weighted by atomic mass is 10.1. The Bertz CT molecular complexity index is 687. The molecule has 1 aromatic carbocycles. The molecule has 128 valence electrons. The molecule has 5 heteroatoms. The number of para-hydroxylation sites is 1. The van der Waals surface area contributed by atoms with Crippen molar-refractivity contribution in [3.63, 3.8) is 0 Å². The van der Waals surface area contributed by atoms with Gasteiger partial charge in [-0.3, -0.25) is 9.48 Å². The molecule has 0 atom stereocenters. The third-order valence-corrected chi connectivity index (χ3v) is 4.50. The van der Waals surface area contributed by atoms with Crippen molar-refractivity contribution >= 4 is 5.91 Å². The monoisotopic (exact) mass is 327 g/mol. The number of aromatic nitrogens is 2. The highest BCUT2D eigenvalue weighted by atomic mass is 16.5. The van der Waals surface area contributed by atoms with Crippen LogP contribution in [0.4, 0.5) is 0 Å². The van der Waals surface area contributed by atoms with Crippen molar-refractivity contribution in [3.05, 3.63) is 47.8 Å². The van der Waals surface area contributed by atoms with Crippen LogP contribution in [0, 0.1) is 13.8 Å². The molecule has 5 nitrogen and oxygen atoms in total. The Morgan fingerprint density at radius 1 is 1.25 bits per heavy atom. The first-order valence-electron chi connectivity index (χ1n) is 8.61. The van der Waals surface area contributed by atoms with Crippen molar-refractivity contribution < 1.29 is 9.53 Å². The van der Waals surface area contributed by atoms with Gasteiger partial charge in [-0.1, -0.05) is 18.2 Å². The van der Waals surface area contributed by atoms with Crippen molar-refractivity contribution in [1.29, 1.82) is 0 Å². The minimum Gasteiger partial charge on any atom is -0.490 e. The van der Waals surface area contributed by atoms with Gasteiger partial charge in [0.1, 0.15) is 11.9 Å². The first kappa shape index (κ1) is 16.6. The Labute approximate surface area is 143 Å². The number of nitrogens with zero attached hydrogens (tertiary/aromatic N) is 3. The maximum atomic E-state index is 12.3. The van der Waals surface area contributed by atoms with Gasteiger partial charge in [0, 0.05) is 45.1 Å². The average molecular weight is 327 g/mol. The molecule has 1 aliphatic rings. The molecule has 1 saturated heterocycles. The second-order valence-corrected chi connectivity index (χ2v) is 6.49. The van der Waals surface area contributed by atoms with Gasteiger partial charge in [0.05, 0.1) is 6.20 Å². The fourth-order valence-electron chi connectivity index (χ4n) is 3.05. The van der Waals surface area contributed by atoms with Gasteiger partial charge in [-0.15, -0.1) is 0 Å². The summed E-state index contributed by atoms with van der Waals surface area (Å²) in [5.74, 6) is 1.16. The summed E-state index contributed by atoms with van der Waals surface area (Å²) >= 11 is 0. The number of benzene rings is 1. The standard InChI is InChI=1S/C19H25N3O2/c1-15-13-20-22(14-15)12-9-19(23)21-10-7-17(8-11-21)24-18-6-4-3-5-16(18)2/h3-6,13-14,17H,7-12H2,1-2H3. The lowest BCUT2D eigenvalue weighted by Crippen LogP contribution is -2.42. The Balaban J connectivity index is 1.44. The SMILES string of the molecule is Cc1cnn(CCC(=O)N2CCC(Oc3ccccc3C)CC2)c1. The molecule has 2 aromatic rings.